The van der Waals surface area contributed by atoms with Crippen molar-refractivity contribution >= 4 is 40.0 Å². The molecule has 0 amide bonds. The second-order valence-electron chi connectivity index (χ2n) is 2.93. The van der Waals surface area contributed by atoms with Crippen LogP contribution < -0.4 is 5.73 Å². The quantitative estimate of drug-likeness (QED) is 0.786. The Morgan fingerprint density at radius 3 is 2.73 bits per heavy atom. The van der Waals surface area contributed by atoms with Crippen molar-refractivity contribution in [2.24, 2.45) is 0 Å². The first-order valence-corrected chi connectivity index (χ1v) is 5.50. The molecule has 0 unspecified atom stereocenters. The number of nitrogens with two attached hydrogens (primary N) is 1. The van der Waals surface area contributed by atoms with E-state index in [1.165, 1.54) is 0 Å². The van der Waals surface area contributed by atoms with Crippen LogP contribution in [0, 0.1) is 9.39 Å². The molecule has 6 heteroatoms. The molecule has 0 aliphatic heterocycles. The van der Waals surface area contributed by atoms with Crippen molar-refractivity contribution in [2.45, 2.75) is 0 Å². The van der Waals surface area contributed by atoms with Gasteiger partial charge in [-0.2, -0.15) is 5.10 Å². The lowest BCUT2D eigenvalue weighted by atomic mass is 10.1. The third-order valence-electron chi connectivity index (χ3n) is 1.94. The topological polar surface area (TPSA) is 54.7 Å². The molecule has 0 aliphatic rings. The van der Waals surface area contributed by atoms with E-state index in [4.69, 9.17) is 17.3 Å². The molecule has 0 bridgehead atoms. The van der Waals surface area contributed by atoms with E-state index >= 15 is 0 Å². The number of hydrogen-bond donors (Lipinski definition) is 2. The van der Waals surface area contributed by atoms with Gasteiger partial charge in [0, 0.05) is 9.13 Å². The number of nitrogen functional groups attached to an aromatic ring is 1. The summed E-state index contributed by atoms with van der Waals surface area (Å²) in [6, 6.07) is 5.22. The van der Waals surface area contributed by atoms with Gasteiger partial charge in [0.25, 0.3) is 0 Å². The van der Waals surface area contributed by atoms with Gasteiger partial charge in [0.15, 0.2) is 11.6 Å². The summed E-state index contributed by atoms with van der Waals surface area (Å²) in [7, 11) is 0. The summed E-state index contributed by atoms with van der Waals surface area (Å²) in [4.78, 5) is 0. The highest BCUT2D eigenvalue weighted by atomic mass is 127. The smallest absolute Gasteiger partial charge is 0.192 e. The van der Waals surface area contributed by atoms with Crippen LogP contribution >= 0.6 is 34.2 Å². The van der Waals surface area contributed by atoms with Crippen molar-refractivity contribution in [3.63, 3.8) is 0 Å². The van der Waals surface area contributed by atoms with Crippen LogP contribution in [0.1, 0.15) is 0 Å². The maximum Gasteiger partial charge on any atom is 0.192 e. The molecule has 1 heterocycles. The predicted molar refractivity (Wildman–Crippen MR) is 66.1 cm³/mol. The highest BCUT2D eigenvalue weighted by molar-refractivity contribution is 14.1. The Bertz CT molecular complexity index is 512. The Hall–Kier alpha value is -0.820. The van der Waals surface area contributed by atoms with Gasteiger partial charge in [0.05, 0.1) is 5.02 Å². The summed E-state index contributed by atoms with van der Waals surface area (Å²) >= 11 is 8.03. The van der Waals surface area contributed by atoms with Gasteiger partial charge in [-0.3, -0.25) is 5.10 Å². The van der Waals surface area contributed by atoms with Crippen molar-refractivity contribution < 1.29 is 4.39 Å². The molecule has 0 saturated carbocycles. The van der Waals surface area contributed by atoms with E-state index in [0.29, 0.717) is 10.6 Å². The van der Waals surface area contributed by atoms with Crippen LogP contribution in [0.3, 0.4) is 0 Å². The van der Waals surface area contributed by atoms with Crippen molar-refractivity contribution in [3.8, 4) is 11.3 Å². The molecule has 0 atom stereocenters. The van der Waals surface area contributed by atoms with Crippen LogP contribution in [0.5, 0.6) is 0 Å². The first kappa shape index (κ1) is 10.7. The number of nitrogens with zero attached hydrogens (tertiary/aromatic N) is 1. The Morgan fingerprint density at radius 1 is 1.47 bits per heavy atom. The maximum atomic E-state index is 13.4. The number of H-pyrrole nitrogens is 1. The van der Waals surface area contributed by atoms with Crippen LogP contribution in [0.4, 0.5) is 10.2 Å². The van der Waals surface area contributed by atoms with E-state index in [9.17, 15) is 4.39 Å². The summed E-state index contributed by atoms with van der Waals surface area (Å²) in [5.41, 5.74) is 6.18. The average Bonchev–Trinajstić information content (AvgIpc) is 2.53. The predicted octanol–water partition coefficient (Wildman–Crippen LogP) is 3.06. The summed E-state index contributed by atoms with van der Waals surface area (Å²) in [5, 5.41) is 6.67. The summed E-state index contributed by atoms with van der Waals surface area (Å²) in [6.07, 6.45) is 0. The molecule has 0 radical (unpaired) electrons. The van der Waals surface area contributed by atoms with Crippen LogP contribution in [-0.4, -0.2) is 10.2 Å². The molecule has 0 aliphatic carbocycles. The molecular weight excluding hydrogens is 331 g/mol. The molecule has 1 aromatic heterocycles. The maximum absolute atomic E-state index is 13.4. The summed E-state index contributed by atoms with van der Waals surface area (Å²) in [5.74, 6) is -0.688. The van der Waals surface area contributed by atoms with Crippen LogP contribution in [0.25, 0.3) is 11.3 Å². The molecule has 0 saturated heterocycles. The monoisotopic (exact) mass is 337 g/mol. The van der Waals surface area contributed by atoms with E-state index in [2.05, 4.69) is 32.8 Å². The number of aromatic amines is 1. The SMILES string of the molecule is Nc1n[nH]c(-c2ccc(I)c(Cl)c2)c1F. The second kappa shape index (κ2) is 3.97. The zero-order valence-electron chi connectivity index (χ0n) is 7.39. The van der Waals surface area contributed by atoms with Crippen molar-refractivity contribution in [1.29, 1.82) is 0 Å². The van der Waals surface area contributed by atoms with Gasteiger partial charge in [0.2, 0.25) is 0 Å². The first-order chi connectivity index (χ1) is 7.09. The molecule has 15 heavy (non-hydrogen) atoms. The van der Waals surface area contributed by atoms with E-state index < -0.39 is 5.82 Å². The fourth-order valence-corrected chi connectivity index (χ4v) is 1.70. The fraction of sp³-hybridized carbons (Fsp3) is 0. The first-order valence-electron chi connectivity index (χ1n) is 4.04. The highest BCUT2D eigenvalue weighted by Gasteiger charge is 2.12. The lowest BCUT2D eigenvalue weighted by Crippen LogP contribution is -1.87. The van der Waals surface area contributed by atoms with Crippen LogP contribution in [-0.2, 0) is 0 Å². The zero-order chi connectivity index (χ0) is 11.0. The third kappa shape index (κ3) is 1.93. The number of halogens is 3. The summed E-state index contributed by atoms with van der Waals surface area (Å²) < 4.78 is 14.3. The molecular formula is C9H6ClFIN3. The standard InChI is InChI=1S/C9H6ClFIN3/c10-5-3-4(1-2-6(5)12)8-7(11)9(13)15-14-8/h1-3H,(H3,13,14,15). The Balaban J connectivity index is 2.55. The number of rotatable bonds is 1. The number of aromatic nitrogens is 2. The third-order valence-corrected chi connectivity index (χ3v) is 3.51. The Kier molecular flexibility index (Phi) is 2.83. The Morgan fingerprint density at radius 2 is 2.20 bits per heavy atom. The lowest BCUT2D eigenvalue weighted by Gasteiger charge is -2.00. The van der Waals surface area contributed by atoms with Gasteiger partial charge in [-0.15, -0.1) is 0 Å². The van der Waals surface area contributed by atoms with E-state index in [1.807, 2.05) is 0 Å². The molecule has 2 aromatic rings. The number of nitrogens with one attached hydrogen (secondary N) is 1. The van der Waals surface area contributed by atoms with Gasteiger partial charge in [0.1, 0.15) is 5.69 Å². The van der Waals surface area contributed by atoms with Crippen molar-refractivity contribution in [3.05, 3.63) is 32.6 Å². The molecule has 2 rings (SSSR count). The highest BCUT2D eigenvalue weighted by Crippen LogP contribution is 2.28. The molecule has 0 fully saturated rings. The molecule has 0 spiro atoms. The van der Waals surface area contributed by atoms with Crippen LogP contribution in [0.2, 0.25) is 5.02 Å². The number of anilines is 1. The van der Waals surface area contributed by atoms with Gasteiger partial charge >= 0.3 is 0 Å². The largest absolute Gasteiger partial charge is 0.380 e. The van der Waals surface area contributed by atoms with E-state index in [-0.39, 0.29) is 11.5 Å². The molecule has 78 valence electrons. The van der Waals surface area contributed by atoms with Crippen molar-refractivity contribution in [1.82, 2.24) is 10.2 Å². The molecule has 1 aromatic carbocycles. The van der Waals surface area contributed by atoms with E-state index in [0.717, 1.165) is 3.57 Å². The summed E-state index contributed by atoms with van der Waals surface area (Å²) in [6.45, 7) is 0. The minimum atomic E-state index is -0.549. The van der Waals surface area contributed by atoms with Gasteiger partial charge in [-0.25, -0.2) is 4.39 Å². The van der Waals surface area contributed by atoms with Crippen LogP contribution in [0.15, 0.2) is 18.2 Å². The fourth-order valence-electron chi connectivity index (χ4n) is 1.19. The zero-order valence-corrected chi connectivity index (χ0v) is 10.3. The van der Waals surface area contributed by atoms with Gasteiger partial charge < -0.3 is 5.73 Å². The lowest BCUT2D eigenvalue weighted by molar-refractivity contribution is 0.636. The normalized spacial score (nSPS) is 10.6. The van der Waals surface area contributed by atoms with Crippen molar-refractivity contribution in [2.75, 3.05) is 5.73 Å². The number of benzene rings is 1. The minimum absolute atomic E-state index is 0.139. The minimum Gasteiger partial charge on any atom is -0.380 e. The van der Waals surface area contributed by atoms with Gasteiger partial charge in [-0.1, -0.05) is 17.7 Å². The average molecular weight is 338 g/mol. The molecule has 3 nitrogen and oxygen atoms in total. The second-order valence-corrected chi connectivity index (χ2v) is 4.50. The number of hydrogen-bond acceptors (Lipinski definition) is 2. The Labute approximate surface area is 104 Å². The molecule has 3 N–H and O–H groups in total. The van der Waals surface area contributed by atoms with E-state index in [1.54, 1.807) is 18.2 Å². The van der Waals surface area contributed by atoms with Gasteiger partial charge in [-0.05, 0) is 34.7 Å².